The maximum atomic E-state index is 13.5. The molecule has 1 amide bonds. The molecule has 0 unspecified atom stereocenters. The molecule has 19 heavy (non-hydrogen) atoms. The van der Waals surface area contributed by atoms with Gasteiger partial charge in [-0.25, -0.2) is 4.39 Å². The van der Waals surface area contributed by atoms with E-state index < -0.39 is 5.82 Å². The van der Waals surface area contributed by atoms with Gasteiger partial charge in [0, 0.05) is 24.2 Å². The van der Waals surface area contributed by atoms with Crippen molar-refractivity contribution in [3.05, 3.63) is 40.7 Å². The number of benzene rings is 1. The smallest absolute Gasteiger partial charge is 0.246 e. The Balaban J connectivity index is 2.10. The van der Waals surface area contributed by atoms with Crippen LogP contribution in [-0.4, -0.2) is 35.1 Å². The summed E-state index contributed by atoms with van der Waals surface area (Å²) in [5, 5.41) is 9.20. The van der Waals surface area contributed by atoms with E-state index in [0.29, 0.717) is 6.54 Å². The van der Waals surface area contributed by atoms with Crippen LogP contribution in [0, 0.1) is 5.82 Å². The molecule has 0 radical (unpaired) electrons. The Morgan fingerprint density at radius 3 is 2.84 bits per heavy atom. The Morgan fingerprint density at radius 2 is 2.26 bits per heavy atom. The van der Waals surface area contributed by atoms with Crippen molar-refractivity contribution in [1.29, 1.82) is 0 Å². The van der Waals surface area contributed by atoms with Crippen molar-refractivity contribution < 1.29 is 14.3 Å². The molecule has 1 saturated carbocycles. The third kappa shape index (κ3) is 3.55. The number of rotatable bonds is 5. The van der Waals surface area contributed by atoms with E-state index >= 15 is 0 Å². The van der Waals surface area contributed by atoms with Crippen molar-refractivity contribution in [3.8, 4) is 0 Å². The summed E-state index contributed by atoms with van der Waals surface area (Å²) in [7, 11) is 0. The van der Waals surface area contributed by atoms with Crippen molar-refractivity contribution in [2.24, 2.45) is 0 Å². The van der Waals surface area contributed by atoms with Crippen LogP contribution in [0.2, 0.25) is 5.02 Å². The van der Waals surface area contributed by atoms with E-state index in [2.05, 4.69) is 0 Å². The van der Waals surface area contributed by atoms with E-state index in [4.69, 9.17) is 16.7 Å². The van der Waals surface area contributed by atoms with Crippen LogP contribution in [-0.2, 0) is 4.79 Å². The van der Waals surface area contributed by atoms with Crippen molar-refractivity contribution in [2.45, 2.75) is 18.9 Å². The molecule has 5 heteroatoms. The average Bonchev–Trinajstić information content (AvgIpc) is 3.19. The van der Waals surface area contributed by atoms with Crippen molar-refractivity contribution in [2.75, 3.05) is 13.2 Å². The first kappa shape index (κ1) is 14.0. The van der Waals surface area contributed by atoms with Crippen molar-refractivity contribution in [1.82, 2.24) is 4.90 Å². The number of carbonyl (C=O) groups excluding carboxylic acids is 1. The lowest BCUT2D eigenvalue weighted by Crippen LogP contribution is -2.34. The fourth-order valence-corrected chi connectivity index (χ4v) is 2.11. The van der Waals surface area contributed by atoms with Gasteiger partial charge < -0.3 is 10.0 Å². The molecular formula is C14H15ClFNO2. The summed E-state index contributed by atoms with van der Waals surface area (Å²) >= 11 is 5.87. The molecular weight excluding hydrogens is 269 g/mol. The van der Waals surface area contributed by atoms with Gasteiger partial charge in [-0.15, -0.1) is 0 Å². The molecule has 0 bridgehead atoms. The Kier molecular flexibility index (Phi) is 4.56. The number of aliphatic hydroxyl groups is 1. The van der Waals surface area contributed by atoms with E-state index in [1.165, 1.54) is 24.3 Å². The molecule has 102 valence electrons. The van der Waals surface area contributed by atoms with Crippen LogP contribution < -0.4 is 0 Å². The van der Waals surface area contributed by atoms with Crippen LogP contribution in [0.1, 0.15) is 18.4 Å². The molecule has 1 N–H and O–H groups in total. The van der Waals surface area contributed by atoms with Gasteiger partial charge in [0.15, 0.2) is 0 Å². The summed E-state index contributed by atoms with van der Waals surface area (Å²) in [5.41, 5.74) is 0.206. The number of nitrogens with zero attached hydrogens (tertiary/aromatic N) is 1. The van der Waals surface area contributed by atoms with Crippen LogP contribution in [0.25, 0.3) is 6.08 Å². The minimum Gasteiger partial charge on any atom is -0.395 e. The zero-order valence-electron chi connectivity index (χ0n) is 10.4. The first-order valence-electron chi connectivity index (χ1n) is 6.17. The number of amides is 1. The van der Waals surface area contributed by atoms with Gasteiger partial charge in [0.2, 0.25) is 5.91 Å². The molecule has 1 aromatic rings. The molecule has 1 aromatic carbocycles. The summed E-state index contributed by atoms with van der Waals surface area (Å²) in [5.74, 6) is -0.687. The summed E-state index contributed by atoms with van der Waals surface area (Å²) < 4.78 is 13.5. The lowest BCUT2D eigenvalue weighted by Gasteiger charge is -2.19. The van der Waals surface area contributed by atoms with Crippen LogP contribution in [0.3, 0.4) is 0 Å². The third-order valence-corrected chi connectivity index (χ3v) is 3.33. The van der Waals surface area contributed by atoms with Crippen molar-refractivity contribution >= 4 is 23.6 Å². The first-order valence-corrected chi connectivity index (χ1v) is 6.55. The average molecular weight is 284 g/mol. The van der Waals surface area contributed by atoms with E-state index in [0.717, 1.165) is 12.8 Å². The molecule has 3 nitrogen and oxygen atoms in total. The first-order chi connectivity index (χ1) is 9.13. The van der Waals surface area contributed by atoms with Gasteiger partial charge in [0.25, 0.3) is 0 Å². The zero-order valence-corrected chi connectivity index (χ0v) is 11.1. The fraction of sp³-hybridized carbons (Fsp3) is 0.357. The lowest BCUT2D eigenvalue weighted by atomic mass is 10.2. The van der Waals surface area contributed by atoms with E-state index in [9.17, 15) is 9.18 Å². The number of halogens is 2. The van der Waals surface area contributed by atoms with Crippen LogP contribution in [0.5, 0.6) is 0 Å². The predicted molar refractivity (Wildman–Crippen MR) is 72.3 cm³/mol. The molecule has 0 aromatic heterocycles. The number of hydrogen-bond donors (Lipinski definition) is 1. The normalized spacial score (nSPS) is 14.9. The van der Waals surface area contributed by atoms with Crippen LogP contribution in [0.15, 0.2) is 24.3 Å². The van der Waals surface area contributed by atoms with E-state index in [1.807, 2.05) is 0 Å². The van der Waals surface area contributed by atoms with Gasteiger partial charge in [0.05, 0.1) is 11.6 Å². The van der Waals surface area contributed by atoms with Gasteiger partial charge >= 0.3 is 0 Å². The maximum Gasteiger partial charge on any atom is 0.246 e. The Bertz CT molecular complexity index is 480. The molecule has 1 aliphatic carbocycles. The molecule has 2 rings (SSSR count). The largest absolute Gasteiger partial charge is 0.395 e. The highest BCUT2D eigenvalue weighted by atomic mass is 35.5. The highest BCUT2D eigenvalue weighted by Gasteiger charge is 2.30. The van der Waals surface area contributed by atoms with Gasteiger partial charge in [-0.1, -0.05) is 17.7 Å². The molecule has 0 atom stereocenters. The van der Waals surface area contributed by atoms with E-state index in [1.54, 1.807) is 11.0 Å². The zero-order chi connectivity index (χ0) is 13.8. The highest BCUT2D eigenvalue weighted by Crippen LogP contribution is 2.27. The lowest BCUT2D eigenvalue weighted by molar-refractivity contribution is -0.127. The van der Waals surface area contributed by atoms with Crippen molar-refractivity contribution in [3.63, 3.8) is 0 Å². The number of aliphatic hydroxyl groups excluding tert-OH is 1. The van der Waals surface area contributed by atoms with Gasteiger partial charge in [-0.2, -0.15) is 0 Å². The fourth-order valence-electron chi connectivity index (χ4n) is 1.89. The molecule has 1 fully saturated rings. The van der Waals surface area contributed by atoms with Gasteiger partial charge in [-0.3, -0.25) is 4.79 Å². The second-order valence-corrected chi connectivity index (χ2v) is 4.86. The van der Waals surface area contributed by atoms with Crippen LogP contribution in [0.4, 0.5) is 4.39 Å². The highest BCUT2D eigenvalue weighted by molar-refractivity contribution is 6.32. The maximum absolute atomic E-state index is 13.5. The second kappa shape index (κ2) is 6.17. The SMILES string of the molecule is O=C(/C=C/c1c(F)cccc1Cl)N(CCO)C1CC1. The summed E-state index contributed by atoms with van der Waals surface area (Å²) in [4.78, 5) is 13.6. The molecule has 0 spiro atoms. The monoisotopic (exact) mass is 283 g/mol. The summed E-state index contributed by atoms with van der Waals surface area (Å²) in [6.45, 7) is 0.232. The third-order valence-electron chi connectivity index (χ3n) is 3.00. The second-order valence-electron chi connectivity index (χ2n) is 4.46. The summed E-state index contributed by atoms with van der Waals surface area (Å²) in [6, 6.07) is 4.59. The standard InChI is InChI=1S/C14H15ClFNO2/c15-12-2-1-3-13(16)11(12)6-7-14(19)17(8-9-18)10-4-5-10/h1-3,6-7,10,18H,4-5,8-9H2/b7-6+. The Labute approximate surface area is 116 Å². The quantitative estimate of drug-likeness (QED) is 0.844. The predicted octanol–water partition coefficient (Wildman–Crippen LogP) is 2.48. The summed E-state index contributed by atoms with van der Waals surface area (Å²) in [6.07, 6.45) is 4.60. The molecule has 0 aliphatic heterocycles. The van der Waals surface area contributed by atoms with Gasteiger partial charge in [-0.05, 0) is 31.1 Å². The number of carbonyl (C=O) groups is 1. The molecule has 0 heterocycles. The minimum absolute atomic E-state index is 0.0729. The van der Waals surface area contributed by atoms with Crippen LogP contribution >= 0.6 is 11.6 Å². The molecule has 0 saturated heterocycles. The molecule has 1 aliphatic rings. The topological polar surface area (TPSA) is 40.5 Å². The Morgan fingerprint density at radius 1 is 1.53 bits per heavy atom. The Hall–Kier alpha value is -1.39. The number of hydrogen-bond acceptors (Lipinski definition) is 2. The van der Waals surface area contributed by atoms with E-state index in [-0.39, 0.29) is 29.1 Å². The van der Waals surface area contributed by atoms with Gasteiger partial charge in [0.1, 0.15) is 5.82 Å². The minimum atomic E-state index is -0.461.